The molecule has 0 aliphatic carbocycles. The largest absolute Gasteiger partial charge is 0.373 e. The van der Waals surface area contributed by atoms with Crippen LogP contribution < -0.4 is 15.7 Å². The van der Waals surface area contributed by atoms with Crippen LogP contribution in [0.5, 0.6) is 0 Å². The highest BCUT2D eigenvalue weighted by molar-refractivity contribution is 7.89. The molecule has 0 spiro atoms. The van der Waals surface area contributed by atoms with Gasteiger partial charge in [0.2, 0.25) is 5.91 Å². The van der Waals surface area contributed by atoms with Crippen LogP contribution in [0.15, 0.2) is 46.3 Å². The molecule has 1 fully saturated rings. The summed E-state index contributed by atoms with van der Waals surface area (Å²) in [5.41, 5.74) is 1.65. The van der Waals surface area contributed by atoms with Crippen LogP contribution >= 0.6 is 11.6 Å². The molecule has 0 bridgehead atoms. The fraction of sp³-hybridized carbons (Fsp3) is 0.400. The van der Waals surface area contributed by atoms with Crippen LogP contribution in [0.25, 0.3) is 16.7 Å². The molecule has 0 saturated carbocycles. The van der Waals surface area contributed by atoms with Gasteiger partial charge in [-0.15, -0.1) is 0 Å². The van der Waals surface area contributed by atoms with Gasteiger partial charge in [-0.25, -0.2) is 37.3 Å². The molecule has 1 atom stereocenters. The number of pyridine rings is 3. The highest BCUT2D eigenvalue weighted by Crippen LogP contribution is 2.32. The molecule has 0 aromatic carbocycles. The smallest absolute Gasteiger partial charge is 0.355 e. The summed E-state index contributed by atoms with van der Waals surface area (Å²) < 4.78 is 45.8. The fourth-order valence-corrected chi connectivity index (χ4v) is 6.16. The van der Waals surface area contributed by atoms with E-state index >= 15 is 4.39 Å². The summed E-state index contributed by atoms with van der Waals surface area (Å²) in [6.07, 6.45) is 1.96. The maximum absolute atomic E-state index is 15.1. The number of primary sulfonamides is 1. The number of hydrogen-bond donors (Lipinski definition) is 1. The molecule has 46 heavy (non-hydrogen) atoms. The Morgan fingerprint density at radius 3 is 2.65 bits per heavy atom. The molecule has 4 aromatic rings. The van der Waals surface area contributed by atoms with E-state index in [1.54, 1.807) is 35.1 Å². The molecule has 2 N–H and O–H groups in total. The summed E-state index contributed by atoms with van der Waals surface area (Å²) in [4.78, 5) is 47.4. The lowest BCUT2D eigenvalue weighted by Crippen LogP contribution is -2.57. The Kier molecular flexibility index (Phi) is 9.67. The van der Waals surface area contributed by atoms with E-state index in [0.717, 1.165) is 5.56 Å². The lowest BCUT2D eigenvalue weighted by molar-refractivity contribution is -0.132. The average molecular weight is 673 g/mol. The number of hydrogen-bond acceptors (Lipinski definition) is 10. The van der Waals surface area contributed by atoms with Crippen LogP contribution in [0.4, 0.5) is 10.2 Å². The zero-order chi connectivity index (χ0) is 33.3. The van der Waals surface area contributed by atoms with Crippen LogP contribution in [0.3, 0.4) is 0 Å². The zero-order valence-electron chi connectivity index (χ0n) is 25.8. The lowest BCUT2D eigenvalue weighted by atomic mass is 10.0. The Morgan fingerprint density at radius 2 is 1.96 bits per heavy atom. The number of piperazine rings is 1. The van der Waals surface area contributed by atoms with Crippen LogP contribution in [0.2, 0.25) is 5.15 Å². The first-order chi connectivity index (χ1) is 21.8. The van der Waals surface area contributed by atoms with Gasteiger partial charge in [0.15, 0.2) is 21.6 Å². The molecule has 1 aliphatic rings. The Bertz CT molecular complexity index is 1970. The summed E-state index contributed by atoms with van der Waals surface area (Å²) in [7, 11) is -4.01. The van der Waals surface area contributed by atoms with Gasteiger partial charge in [-0.1, -0.05) is 38.4 Å². The standard InChI is InChI=1S/C30H34ClFN8O5S/c1-5-24(41)38-11-12-39(20(14-38)16-45-15-19-7-6-8-23(35-19)46(33,43)44)28-21-13-22(32)27(31)36-29(21)40(30(42)37-28)26-18(4)9-10-34-25(26)17(2)3/h6-10,13,17,20H,5,11-12,14-16H2,1-4H3,(H2,33,43,44). The van der Waals surface area contributed by atoms with E-state index in [-0.39, 0.29) is 60.0 Å². The van der Waals surface area contributed by atoms with Crippen molar-refractivity contribution in [2.75, 3.05) is 31.1 Å². The minimum Gasteiger partial charge on any atom is -0.373 e. The van der Waals surface area contributed by atoms with Crippen molar-refractivity contribution >= 4 is 44.4 Å². The Morgan fingerprint density at radius 1 is 1.20 bits per heavy atom. The van der Waals surface area contributed by atoms with Crippen LogP contribution in [-0.2, 0) is 26.2 Å². The first kappa shape index (κ1) is 33.3. The lowest BCUT2D eigenvalue weighted by Gasteiger charge is -2.42. The number of fused-ring (bicyclic) bond motifs is 1. The Labute approximate surface area is 270 Å². The molecule has 5 heterocycles. The van der Waals surface area contributed by atoms with Crippen molar-refractivity contribution < 1.29 is 22.3 Å². The van der Waals surface area contributed by atoms with Gasteiger partial charge in [0.1, 0.15) is 5.82 Å². The number of aromatic nitrogens is 5. The number of nitrogens with zero attached hydrogens (tertiary/aromatic N) is 7. The first-order valence-corrected chi connectivity index (χ1v) is 16.6. The predicted molar refractivity (Wildman–Crippen MR) is 170 cm³/mol. The fourth-order valence-electron chi connectivity index (χ4n) is 5.51. The van der Waals surface area contributed by atoms with E-state index in [1.807, 2.05) is 20.8 Å². The van der Waals surface area contributed by atoms with Gasteiger partial charge in [0, 0.05) is 32.3 Å². The summed E-state index contributed by atoms with van der Waals surface area (Å²) in [6.45, 7) is 8.29. The van der Waals surface area contributed by atoms with Gasteiger partial charge >= 0.3 is 5.69 Å². The van der Waals surface area contributed by atoms with Gasteiger partial charge in [0.05, 0.1) is 41.7 Å². The number of rotatable bonds is 9. The highest BCUT2D eigenvalue weighted by Gasteiger charge is 2.33. The summed E-state index contributed by atoms with van der Waals surface area (Å²) in [5, 5.41) is 4.76. The van der Waals surface area contributed by atoms with E-state index in [1.165, 1.54) is 22.8 Å². The normalized spacial score (nSPS) is 15.6. The van der Waals surface area contributed by atoms with E-state index in [0.29, 0.717) is 30.0 Å². The predicted octanol–water partition coefficient (Wildman–Crippen LogP) is 3.09. The third-order valence-electron chi connectivity index (χ3n) is 7.73. The summed E-state index contributed by atoms with van der Waals surface area (Å²) in [5.74, 6) is -0.743. The third-order valence-corrected chi connectivity index (χ3v) is 8.80. The minimum atomic E-state index is -4.01. The molecule has 244 valence electrons. The van der Waals surface area contributed by atoms with Crippen molar-refractivity contribution in [2.24, 2.45) is 5.14 Å². The maximum atomic E-state index is 15.1. The van der Waals surface area contributed by atoms with E-state index < -0.39 is 32.7 Å². The third kappa shape index (κ3) is 6.72. The number of anilines is 1. The molecule has 0 radical (unpaired) electrons. The number of carbonyl (C=O) groups excluding carboxylic acids is 1. The Balaban J connectivity index is 1.59. The van der Waals surface area contributed by atoms with E-state index in [2.05, 4.69) is 19.9 Å². The molecular formula is C30H34ClFN8O5S. The van der Waals surface area contributed by atoms with Gasteiger partial charge in [-0.2, -0.15) is 4.98 Å². The summed E-state index contributed by atoms with van der Waals surface area (Å²) >= 11 is 6.18. The molecule has 5 rings (SSSR count). The Hall–Kier alpha value is -4.05. The molecular weight excluding hydrogens is 639 g/mol. The van der Waals surface area contributed by atoms with Crippen LogP contribution in [0.1, 0.15) is 50.1 Å². The van der Waals surface area contributed by atoms with Gasteiger partial charge in [-0.05, 0) is 42.7 Å². The molecule has 13 nitrogen and oxygen atoms in total. The van der Waals surface area contributed by atoms with Gasteiger partial charge in [-0.3, -0.25) is 9.78 Å². The second-order valence-corrected chi connectivity index (χ2v) is 13.1. The highest BCUT2D eigenvalue weighted by atomic mass is 35.5. The number of halogens is 2. The second-order valence-electron chi connectivity index (χ2n) is 11.3. The molecule has 16 heteroatoms. The average Bonchev–Trinajstić information content (AvgIpc) is 3.01. The van der Waals surface area contributed by atoms with Crippen LogP contribution in [-0.4, -0.2) is 76.0 Å². The number of sulfonamides is 1. The second kappa shape index (κ2) is 13.4. The first-order valence-electron chi connectivity index (χ1n) is 14.7. The van der Waals surface area contributed by atoms with Gasteiger partial charge < -0.3 is 14.5 Å². The van der Waals surface area contributed by atoms with Crippen molar-refractivity contribution in [1.82, 2.24) is 29.4 Å². The number of nitrogens with two attached hydrogens (primary N) is 1. The van der Waals surface area contributed by atoms with Gasteiger partial charge in [0.25, 0.3) is 10.0 Å². The molecule has 1 amide bonds. The van der Waals surface area contributed by atoms with Crippen LogP contribution in [0, 0.1) is 12.7 Å². The number of aryl methyl sites for hydroxylation is 1. The number of amides is 1. The zero-order valence-corrected chi connectivity index (χ0v) is 27.3. The van der Waals surface area contributed by atoms with E-state index in [4.69, 9.17) is 21.5 Å². The SMILES string of the molecule is CCC(=O)N1CCN(c2nc(=O)n(-c3c(C)ccnc3C(C)C)c3nc(Cl)c(F)cc23)C(COCc2cccc(S(N)(=O)=O)n2)C1. The van der Waals surface area contributed by atoms with Crippen molar-refractivity contribution in [2.45, 2.75) is 57.7 Å². The number of ether oxygens (including phenoxy) is 1. The maximum Gasteiger partial charge on any atom is 0.355 e. The molecule has 4 aromatic heterocycles. The molecule has 1 unspecified atom stereocenters. The summed E-state index contributed by atoms with van der Waals surface area (Å²) in [6, 6.07) is 6.83. The van der Waals surface area contributed by atoms with Crippen molar-refractivity contribution in [1.29, 1.82) is 0 Å². The molecule has 1 aliphatic heterocycles. The minimum absolute atomic E-state index is 0.0315. The molecule has 1 saturated heterocycles. The van der Waals surface area contributed by atoms with Crippen molar-refractivity contribution in [3.8, 4) is 5.69 Å². The van der Waals surface area contributed by atoms with E-state index in [9.17, 15) is 18.0 Å². The van der Waals surface area contributed by atoms with Crippen molar-refractivity contribution in [3.63, 3.8) is 0 Å². The number of carbonyl (C=O) groups is 1. The quantitative estimate of drug-likeness (QED) is 0.261. The van der Waals surface area contributed by atoms with Crippen molar-refractivity contribution in [3.05, 3.63) is 74.9 Å². The topological polar surface area (TPSA) is 166 Å². The monoisotopic (exact) mass is 672 g/mol.